The summed E-state index contributed by atoms with van der Waals surface area (Å²) in [6.07, 6.45) is 0.663. The van der Waals surface area contributed by atoms with Crippen molar-refractivity contribution in [1.29, 1.82) is 0 Å². The molecule has 2 atom stereocenters. The minimum absolute atomic E-state index is 0.0111. The van der Waals surface area contributed by atoms with Crippen molar-refractivity contribution in [2.24, 2.45) is 5.92 Å². The Balaban J connectivity index is 2.47. The molecule has 2 rings (SSSR count). The summed E-state index contributed by atoms with van der Waals surface area (Å²) in [5.74, 6) is 1.39. The van der Waals surface area contributed by atoms with Crippen LogP contribution in [0.15, 0.2) is 4.90 Å². The van der Waals surface area contributed by atoms with Crippen molar-refractivity contribution in [3.05, 3.63) is 11.0 Å². The van der Waals surface area contributed by atoms with Crippen LogP contribution in [0.2, 0.25) is 5.28 Å². The van der Waals surface area contributed by atoms with Gasteiger partial charge in [-0.2, -0.15) is 4.98 Å². The average Bonchev–Trinajstić information content (AvgIpc) is 2.70. The molecule has 0 saturated carbocycles. The van der Waals surface area contributed by atoms with Crippen LogP contribution >= 0.6 is 11.6 Å². The van der Waals surface area contributed by atoms with Gasteiger partial charge in [0.2, 0.25) is 5.28 Å². The fourth-order valence-electron chi connectivity index (χ4n) is 2.33. The molecule has 0 fully saturated rings. The Morgan fingerprint density at radius 2 is 2.16 bits per heavy atom. The maximum absolute atomic E-state index is 12.1. The van der Waals surface area contributed by atoms with E-state index in [9.17, 15) is 9.32 Å². The van der Waals surface area contributed by atoms with Crippen molar-refractivity contribution in [3.63, 3.8) is 0 Å². The van der Waals surface area contributed by atoms with Crippen molar-refractivity contribution in [3.8, 4) is 0 Å². The van der Waals surface area contributed by atoms with Crippen LogP contribution in [0.4, 0.5) is 5.82 Å². The zero-order chi connectivity index (χ0) is 14.2. The van der Waals surface area contributed by atoms with E-state index in [0.29, 0.717) is 22.9 Å². The Bertz CT molecular complexity index is 510. The van der Waals surface area contributed by atoms with Gasteiger partial charge in [0, 0.05) is 19.2 Å². The molecule has 2 heterocycles. The van der Waals surface area contributed by atoms with Gasteiger partial charge in [0.15, 0.2) is 0 Å². The summed E-state index contributed by atoms with van der Waals surface area (Å²) in [5.41, 5.74) is 0.764. The average molecular weight is 304 g/mol. The standard InChI is InChI=1S/C12H18ClN3O2S/c1-7(2)9(6-17)16(3)11-10-8(4-5-19(10)18)14-12(13)15-11/h7,9,17H,4-6H2,1-3H3/t9-,19?/m0/s1. The van der Waals surface area contributed by atoms with E-state index in [0.717, 1.165) is 5.69 Å². The molecule has 7 heteroatoms. The van der Waals surface area contributed by atoms with Crippen molar-refractivity contribution < 1.29 is 9.32 Å². The largest absolute Gasteiger partial charge is 0.394 e. The normalized spacial score (nSPS) is 19.6. The first-order valence-electron chi connectivity index (χ1n) is 6.24. The molecule has 0 aromatic carbocycles. The van der Waals surface area contributed by atoms with Crippen LogP contribution in [0.3, 0.4) is 0 Å². The fourth-order valence-corrected chi connectivity index (χ4v) is 3.89. The van der Waals surface area contributed by atoms with Gasteiger partial charge in [-0.1, -0.05) is 13.8 Å². The third kappa shape index (κ3) is 2.75. The van der Waals surface area contributed by atoms with Crippen molar-refractivity contribution in [1.82, 2.24) is 9.97 Å². The molecular weight excluding hydrogens is 286 g/mol. The number of anilines is 1. The number of aryl methyl sites for hydroxylation is 1. The molecule has 1 aliphatic heterocycles. The second-order valence-electron chi connectivity index (χ2n) is 5.00. The molecule has 1 N–H and O–H groups in total. The predicted molar refractivity (Wildman–Crippen MR) is 76.1 cm³/mol. The first kappa shape index (κ1) is 14.7. The van der Waals surface area contributed by atoms with E-state index in [1.54, 1.807) is 0 Å². The molecule has 0 spiro atoms. The molecule has 1 aromatic rings. The topological polar surface area (TPSA) is 66.3 Å². The highest BCUT2D eigenvalue weighted by atomic mass is 35.5. The maximum atomic E-state index is 12.1. The molecule has 1 aliphatic rings. The Morgan fingerprint density at radius 1 is 1.47 bits per heavy atom. The van der Waals surface area contributed by atoms with Crippen molar-refractivity contribution in [2.45, 2.75) is 31.2 Å². The Morgan fingerprint density at radius 3 is 2.74 bits per heavy atom. The lowest BCUT2D eigenvalue weighted by Gasteiger charge is -2.31. The number of nitrogens with zero attached hydrogens (tertiary/aromatic N) is 3. The highest BCUT2D eigenvalue weighted by molar-refractivity contribution is 7.85. The number of hydrogen-bond acceptors (Lipinski definition) is 5. The van der Waals surface area contributed by atoms with Crippen LogP contribution in [-0.2, 0) is 17.2 Å². The van der Waals surface area contributed by atoms with Crippen molar-refractivity contribution >= 4 is 28.2 Å². The van der Waals surface area contributed by atoms with E-state index in [4.69, 9.17) is 11.6 Å². The molecule has 0 aliphatic carbocycles. The second-order valence-corrected chi connectivity index (χ2v) is 6.84. The summed E-state index contributed by atoms with van der Waals surface area (Å²) < 4.78 is 12.1. The smallest absolute Gasteiger partial charge is 0.224 e. The van der Waals surface area contributed by atoms with Crippen LogP contribution in [0, 0.1) is 5.92 Å². The molecule has 106 valence electrons. The molecule has 1 aromatic heterocycles. The van der Waals surface area contributed by atoms with Gasteiger partial charge in [-0.25, -0.2) is 4.98 Å². The second kappa shape index (κ2) is 5.73. The van der Waals surface area contributed by atoms with Gasteiger partial charge < -0.3 is 10.0 Å². The Labute approximate surface area is 120 Å². The van der Waals surface area contributed by atoms with E-state index < -0.39 is 10.8 Å². The zero-order valence-electron chi connectivity index (χ0n) is 11.3. The molecule has 19 heavy (non-hydrogen) atoms. The van der Waals surface area contributed by atoms with E-state index in [1.165, 1.54) is 0 Å². The maximum Gasteiger partial charge on any atom is 0.224 e. The number of aliphatic hydroxyl groups excluding tert-OH is 1. The SMILES string of the molecule is CC(C)[C@H](CO)N(C)c1nc(Cl)nc2c1S(=O)CC2. The molecule has 5 nitrogen and oxygen atoms in total. The lowest BCUT2D eigenvalue weighted by molar-refractivity contribution is 0.233. The molecule has 0 saturated heterocycles. The van der Waals surface area contributed by atoms with Gasteiger partial charge in [0.25, 0.3) is 0 Å². The van der Waals surface area contributed by atoms with E-state index in [2.05, 4.69) is 9.97 Å². The van der Waals surface area contributed by atoms with E-state index >= 15 is 0 Å². The molecule has 0 radical (unpaired) electrons. The van der Waals surface area contributed by atoms with Crippen LogP contribution < -0.4 is 4.90 Å². The highest BCUT2D eigenvalue weighted by Crippen LogP contribution is 2.32. The summed E-state index contributed by atoms with van der Waals surface area (Å²) in [6, 6.07) is -0.0901. The van der Waals surface area contributed by atoms with E-state index in [-0.39, 0.29) is 23.9 Å². The first-order valence-corrected chi connectivity index (χ1v) is 7.93. The van der Waals surface area contributed by atoms with Gasteiger partial charge in [-0.05, 0) is 17.5 Å². The van der Waals surface area contributed by atoms with Crippen LogP contribution in [0.25, 0.3) is 0 Å². The van der Waals surface area contributed by atoms with Crippen LogP contribution in [0.1, 0.15) is 19.5 Å². The summed E-state index contributed by atoms with van der Waals surface area (Å²) in [7, 11) is 0.766. The first-order chi connectivity index (χ1) is 8.95. The van der Waals surface area contributed by atoms with Crippen LogP contribution in [-0.4, -0.2) is 44.7 Å². The highest BCUT2D eigenvalue weighted by Gasteiger charge is 2.30. The molecule has 0 amide bonds. The number of aliphatic hydroxyl groups is 1. The number of hydrogen-bond donors (Lipinski definition) is 1. The monoisotopic (exact) mass is 303 g/mol. The Kier molecular flexibility index (Phi) is 4.43. The van der Waals surface area contributed by atoms with Gasteiger partial charge in [-0.3, -0.25) is 4.21 Å². The summed E-state index contributed by atoms with van der Waals surface area (Å²) in [6.45, 7) is 4.06. The number of halogens is 1. The summed E-state index contributed by atoms with van der Waals surface area (Å²) >= 11 is 5.94. The van der Waals surface area contributed by atoms with Gasteiger partial charge in [0.05, 0.1) is 29.1 Å². The zero-order valence-corrected chi connectivity index (χ0v) is 12.8. The lowest BCUT2D eigenvalue weighted by Crippen LogP contribution is -2.40. The third-order valence-corrected chi connectivity index (χ3v) is 5.05. The Hall–Kier alpha value is -0.720. The molecule has 0 bridgehead atoms. The fraction of sp³-hybridized carbons (Fsp3) is 0.667. The summed E-state index contributed by atoms with van der Waals surface area (Å²) in [5, 5.41) is 9.68. The summed E-state index contributed by atoms with van der Waals surface area (Å²) in [4.78, 5) is 10.9. The lowest BCUT2D eigenvalue weighted by atomic mass is 10.0. The number of fused-ring (bicyclic) bond motifs is 1. The van der Waals surface area contributed by atoms with Crippen molar-refractivity contribution in [2.75, 3.05) is 24.3 Å². The minimum atomic E-state index is -1.08. The predicted octanol–water partition coefficient (Wildman–Crippen LogP) is 1.25. The third-order valence-electron chi connectivity index (χ3n) is 3.43. The molecule has 1 unspecified atom stereocenters. The van der Waals surface area contributed by atoms with Gasteiger partial charge in [0.1, 0.15) is 10.7 Å². The molecular formula is C12H18ClN3O2S. The van der Waals surface area contributed by atoms with Gasteiger partial charge in [-0.15, -0.1) is 0 Å². The number of aromatic nitrogens is 2. The van der Waals surface area contributed by atoms with Crippen LogP contribution in [0.5, 0.6) is 0 Å². The van der Waals surface area contributed by atoms with E-state index in [1.807, 2.05) is 25.8 Å². The number of rotatable bonds is 4. The quantitative estimate of drug-likeness (QED) is 0.848. The minimum Gasteiger partial charge on any atom is -0.394 e. The van der Waals surface area contributed by atoms with Gasteiger partial charge >= 0.3 is 0 Å². The number of likely N-dealkylation sites (N-methyl/N-ethyl adjacent to an activating group) is 1.